The van der Waals surface area contributed by atoms with Gasteiger partial charge < -0.3 is 5.11 Å². The molecule has 18 heavy (non-hydrogen) atoms. The van der Waals surface area contributed by atoms with Crippen LogP contribution < -0.4 is 0 Å². The summed E-state index contributed by atoms with van der Waals surface area (Å²) in [6.45, 7) is 2.40. The molecule has 5 heteroatoms. The minimum absolute atomic E-state index is 0.0570. The van der Waals surface area contributed by atoms with Gasteiger partial charge in [-0.1, -0.05) is 18.6 Å². The van der Waals surface area contributed by atoms with Gasteiger partial charge in [0.15, 0.2) is 0 Å². The Hall–Kier alpha value is -0.910. The monoisotopic (exact) mass is 269 g/mol. The SMILES string of the molecule is CC1CCCCN1S(=O)(=O)c1cccc(CO)c1. The van der Waals surface area contributed by atoms with E-state index in [2.05, 4.69) is 0 Å². The molecule has 0 saturated carbocycles. The number of nitrogens with zero attached hydrogens (tertiary/aromatic N) is 1. The lowest BCUT2D eigenvalue weighted by Gasteiger charge is -2.32. The van der Waals surface area contributed by atoms with Gasteiger partial charge in [-0.2, -0.15) is 4.31 Å². The molecule has 1 fully saturated rings. The van der Waals surface area contributed by atoms with Crippen molar-refractivity contribution in [1.82, 2.24) is 4.31 Å². The molecule has 0 bridgehead atoms. The van der Waals surface area contributed by atoms with Crippen molar-refractivity contribution in [3.8, 4) is 0 Å². The molecule has 0 aromatic heterocycles. The Balaban J connectivity index is 2.34. The molecule has 1 saturated heterocycles. The lowest BCUT2D eigenvalue weighted by atomic mass is 10.1. The van der Waals surface area contributed by atoms with E-state index in [0.717, 1.165) is 19.3 Å². The van der Waals surface area contributed by atoms with E-state index in [4.69, 9.17) is 5.11 Å². The predicted octanol–water partition coefficient (Wildman–Crippen LogP) is 1.74. The van der Waals surface area contributed by atoms with Gasteiger partial charge in [0.1, 0.15) is 0 Å². The van der Waals surface area contributed by atoms with E-state index < -0.39 is 10.0 Å². The molecule has 1 aliphatic heterocycles. The van der Waals surface area contributed by atoms with Crippen molar-refractivity contribution >= 4 is 10.0 Å². The Morgan fingerprint density at radius 1 is 1.39 bits per heavy atom. The Kier molecular flexibility index (Phi) is 4.04. The Bertz CT molecular complexity index is 513. The first-order chi connectivity index (χ1) is 8.55. The molecule has 1 heterocycles. The Labute approximate surface area is 108 Å². The zero-order valence-corrected chi connectivity index (χ0v) is 11.4. The predicted molar refractivity (Wildman–Crippen MR) is 69.6 cm³/mol. The second kappa shape index (κ2) is 5.38. The Morgan fingerprint density at radius 3 is 2.83 bits per heavy atom. The van der Waals surface area contributed by atoms with Crippen LogP contribution in [0.5, 0.6) is 0 Å². The van der Waals surface area contributed by atoms with Crippen molar-refractivity contribution in [2.24, 2.45) is 0 Å². The molecule has 100 valence electrons. The van der Waals surface area contributed by atoms with Gasteiger partial charge in [-0.3, -0.25) is 0 Å². The van der Waals surface area contributed by atoms with Gasteiger partial charge in [0, 0.05) is 12.6 Å². The fourth-order valence-corrected chi connectivity index (χ4v) is 4.14. The van der Waals surface area contributed by atoms with Crippen LogP contribution in [0.1, 0.15) is 31.7 Å². The zero-order valence-electron chi connectivity index (χ0n) is 10.5. The normalized spacial score (nSPS) is 22.0. The summed E-state index contributed by atoms with van der Waals surface area (Å²) in [7, 11) is -3.42. The molecule has 4 nitrogen and oxygen atoms in total. The summed E-state index contributed by atoms with van der Waals surface area (Å²) >= 11 is 0. The van der Waals surface area contributed by atoms with E-state index in [1.54, 1.807) is 28.6 Å². The molecule has 0 spiro atoms. The highest BCUT2D eigenvalue weighted by atomic mass is 32.2. The van der Waals surface area contributed by atoms with Crippen molar-refractivity contribution < 1.29 is 13.5 Å². The average molecular weight is 269 g/mol. The van der Waals surface area contributed by atoms with Gasteiger partial charge in [0.25, 0.3) is 0 Å². The second-order valence-electron chi connectivity index (χ2n) is 4.77. The number of piperidine rings is 1. The summed E-state index contributed by atoms with van der Waals surface area (Å²) < 4.78 is 26.6. The van der Waals surface area contributed by atoms with Crippen LogP contribution in [0.2, 0.25) is 0 Å². The summed E-state index contributed by atoms with van der Waals surface area (Å²) in [5.41, 5.74) is 0.626. The summed E-state index contributed by atoms with van der Waals surface area (Å²) in [5, 5.41) is 9.08. The maximum absolute atomic E-state index is 12.5. The molecule has 1 aliphatic rings. The van der Waals surface area contributed by atoms with E-state index >= 15 is 0 Å². The molecule has 0 amide bonds. The number of aliphatic hydroxyl groups excluding tert-OH is 1. The number of sulfonamides is 1. The number of benzene rings is 1. The summed E-state index contributed by atoms with van der Waals surface area (Å²) in [6, 6.07) is 6.60. The molecular formula is C13H19NO3S. The molecule has 0 aliphatic carbocycles. The fraction of sp³-hybridized carbons (Fsp3) is 0.538. The smallest absolute Gasteiger partial charge is 0.243 e. The van der Waals surface area contributed by atoms with Gasteiger partial charge in [-0.25, -0.2) is 8.42 Å². The summed E-state index contributed by atoms with van der Waals surface area (Å²) in [6.07, 6.45) is 2.92. The van der Waals surface area contributed by atoms with Crippen molar-refractivity contribution in [3.05, 3.63) is 29.8 Å². The average Bonchev–Trinajstić information content (AvgIpc) is 2.39. The fourth-order valence-electron chi connectivity index (χ4n) is 2.37. The third kappa shape index (κ3) is 2.58. The quantitative estimate of drug-likeness (QED) is 0.909. The highest BCUT2D eigenvalue weighted by Crippen LogP contribution is 2.25. The second-order valence-corrected chi connectivity index (χ2v) is 6.66. The number of hydrogen-bond acceptors (Lipinski definition) is 3. The lowest BCUT2D eigenvalue weighted by Crippen LogP contribution is -2.41. The molecule has 1 aromatic carbocycles. The summed E-state index contributed by atoms with van der Waals surface area (Å²) in [5.74, 6) is 0. The Morgan fingerprint density at radius 2 is 2.17 bits per heavy atom. The van der Waals surface area contributed by atoms with Crippen LogP contribution in [0.25, 0.3) is 0 Å². The first kappa shape index (κ1) is 13.5. The third-order valence-corrected chi connectivity index (χ3v) is 5.44. The first-order valence-electron chi connectivity index (χ1n) is 6.27. The van der Waals surface area contributed by atoms with Crippen LogP contribution in [0, 0.1) is 0 Å². The van der Waals surface area contributed by atoms with E-state index in [1.807, 2.05) is 6.92 Å². The lowest BCUT2D eigenvalue weighted by molar-refractivity contribution is 0.268. The number of hydrogen-bond donors (Lipinski definition) is 1. The molecule has 2 rings (SSSR count). The minimum Gasteiger partial charge on any atom is -0.392 e. The maximum atomic E-state index is 12.5. The van der Waals surface area contributed by atoms with Crippen LogP contribution in [0.4, 0.5) is 0 Å². The molecular weight excluding hydrogens is 250 g/mol. The van der Waals surface area contributed by atoms with E-state index in [9.17, 15) is 8.42 Å². The van der Waals surface area contributed by atoms with Gasteiger partial charge in [-0.15, -0.1) is 0 Å². The van der Waals surface area contributed by atoms with Crippen molar-refractivity contribution in [2.75, 3.05) is 6.54 Å². The van der Waals surface area contributed by atoms with Gasteiger partial charge in [-0.05, 0) is 37.5 Å². The van der Waals surface area contributed by atoms with Crippen molar-refractivity contribution in [1.29, 1.82) is 0 Å². The van der Waals surface area contributed by atoms with Crippen molar-refractivity contribution in [2.45, 2.75) is 43.7 Å². The molecule has 1 N–H and O–H groups in total. The van der Waals surface area contributed by atoms with Crippen LogP contribution in [-0.4, -0.2) is 30.4 Å². The van der Waals surface area contributed by atoms with Gasteiger partial charge in [0.05, 0.1) is 11.5 Å². The minimum atomic E-state index is -3.42. The zero-order chi connectivity index (χ0) is 13.2. The molecule has 1 unspecified atom stereocenters. The summed E-state index contributed by atoms with van der Waals surface area (Å²) in [4.78, 5) is 0.280. The standard InChI is InChI=1S/C13H19NO3S/c1-11-5-2-3-8-14(11)18(16,17)13-7-4-6-12(9-13)10-15/h4,6-7,9,11,15H,2-3,5,8,10H2,1H3. The number of aliphatic hydroxyl groups is 1. The van der Waals surface area contributed by atoms with E-state index in [0.29, 0.717) is 12.1 Å². The first-order valence-corrected chi connectivity index (χ1v) is 7.71. The van der Waals surface area contributed by atoms with E-state index in [1.165, 1.54) is 0 Å². The van der Waals surface area contributed by atoms with Crippen LogP contribution in [-0.2, 0) is 16.6 Å². The third-order valence-electron chi connectivity index (χ3n) is 3.43. The number of rotatable bonds is 3. The van der Waals surface area contributed by atoms with E-state index in [-0.39, 0.29) is 17.5 Å². The topological polar surface area (TPSA) is 57.6 Å². The largest absolute Gasteiger partial charge is 0.392 e. The van der Waals surface area contributed by atoms with Gasteiger partial charge >= 0.3 is 0 Å². The van der Waals surface area contributed by atoms with Crippen LogP contribution in [0.15, 0.2) is 29.2 Å². The highest BCUT2D eigenvalue weighted by Gasteiger charge is 2.30. The molecule has 1 atom stereocenters. The van der Waals surface area contributed by atoms with Crippen molar-refractivity contribution in [3.63, 3.8) is 0 Å². The maximum Gasteiger partial charge on any atom is 0.243 e. The van der Waals surface area contributed by atoms with Gasteiger partial charge in [0.2, 0.25) is 10.0 Å². The molecule has 1 aromatic rings. The van der Waals surface area contributed by atoms with Crippen LogP contribution in [0.3, 0.4) is 0 Å². The highest BCUT2D eigenvalue weighted by molar-refractivity contribution is 7.89. The van der Waals surface area contributed by atoms with Crippen LogP contribution >= 0.6 is 0 Å². The molecule has 0 radical (unpaired) electrons.